The maximum atomic E-state index is 15.3. The number of nitrogens with two attached hydrogens (primary N) is 1. The molecule has 3 amide bonds. The number of aryl methyl sites for hydroxylation is 2. The minimum Gasteiger partial charge on any atom is -0.870 e. The predicted octanol–water partition coefficient (Wildman–Crippen LogP) is -0.950. The number of aromatic hydroxyl groups is 1. The number of ketones is 4. The Bertz CT molecular complexity index is 4640. The van der Waals surface area contributed by atoms with Crippen LogP contribution in [0.3, 0.4) is 0 Å². The molecule has 3 fully saturated rings. The number of phenols is 1. The van der Waals surface area contributed by atoms with Gasteiger partial charge in [-0.15, -0.1) is 0 Å². The minimum atomic E-state index is -1.89. The van der Waals surface area contributed by atoms with Gasteiger partial charge in [0.05, 0.1) is 72.7 Å². The molecule has 3 saturated heterocycles. The number of esters is 6. The summed E-state index contributed by atoms with van der Waals surface area (Å²) in [6, 6.07) is 25.2. The summed E-state index contributed by atoms with van der Waals surface area (Å²) in [5, 5.41) is 61.0. The summed E-state index contributed by atoms with van der Waals surface area (Å²) >= 11 is 0. The minimum absolute atomic E-state index is 0. The van der Waals surface area contributed by atoms with Crippen molar-refractivity contribution in [1.29, 1.82) is 0 Å². The number of phenolic OH excluding ortho intramolecular Hbond substituents is 1. The van der Waals surface area contributed by atoms with Gasteiger partial charge in [0, 0.05) is 77.6 Å². The van der Waals surface area contributed by atoms with Crippen LogP contribution in [0.2, 0.25) is 0 Å². The number of carboxylic acids is 3. The number of hydrogen-bond acceptors (Lipinski definition) is 30. The second-order valence-corrected chi connectivity index (χ2v) is 40.5. The van der Waals surface area contributed by atoms with E-state index in [1.165, 1.54) is 76.2 Å². The summed E-state index contributed by atoms with van der Waals surface area (Å²) in [4.78, 5) is 221. The fourth-order valence-electron chi connectivity index (χ4n) is 18.3. The van der Waals surface area contributed by atoms with Crippen LogP contribution in [0.5, 0.6) is 11.5 Å². The smallest absolute Gasteiger partial charge is 0.870 e. The number of aliphatic hydroxyl groups is 1. The number of benzene rings is 4. The topological polar surface area (TPSA) is 501 Å². The van der Waals surface area contributed by atoms with Crippen molar-refractivity contribution in [2.24, 2.45) is 109 Å². The second kappa shape index (κ2) is 66.6. The molecule has 0 radical (unpaired) electrons. The van der Waals surface area contributed by atoms with Crippen molar-refractivity contribution in [2.45, 2.75) is 223 Å². The van der Waals surface area contributed by atoms with Crippen molar-refractivity contribution >= 4 is 94.6 Å². The third-order valence-corrected chi connectivity index (χ3v) is 26.1. The van der Waals surface area contributed by atoms with Crippen LogP contribution >= 0.6 is 0 Å². The molecule has 0 bridgehead atoms. The summed E-state index contributed by atoms with van der Waals surface area (Å²) in [5.41, 5.74) is 1.27. The zero-order valence-electron chi connectivity index (χ0n) is 89.9. The molecular formula is C106H159N6Na4O26-. The third kappa shape index (κ3) is 43.6. The van der Waals surface area contributed by atoms with Crippen LogP contribution in [0.25, 0.3) is 0 Å². The van der Waals surface area contributed by atoms with Crippen molar-refractivity contribution in [3.63, 3.8) is 0 Å². The zero-order valence-corrected chi connectivity index (χ0v) is 97.9. The molecule has 3 aliphatic heterocycles. The number of cyclic esters (lactones) is 4. The fourth-order valence-corrected chi connectivity index (χ4v) is 18.3. The van der Waals surface area contributed by atoms with Gasteiger partial charge in [0.25, 0.3) is 0 Å². The van der Waals surface area contributed by atoms with E-state index in [0.717, 1.165) is 42.0 Å². The number of amides is 3. The molecule has 142 heavy (non-hydrogen) atoms. The van der Waals surface area contributed by atoms with Crippen molar-refractivity contribution in [3.8, 4) is 11.5 Å². The molecule has 4 aromatic carbocycles. The van der Waals surface area contributed by atoms with Gasteiger partial charge in [-0.3, -0.25) is 67.2 Å². The number of aliphatic carboxylic acids is 3. The Morgan fingerprint density at radius 1 is 0.479 bits per heavy atom. The Hall–Kier alpha value is -6.64. The van der Waals surface area contributed by atoms with Gasteiger partial charge in [0.2, 0.25) is 17.7 Å². The zero-order chi connectivity index (χ0) is 104. The van der Waals surface area contributed by atoms with Crippen LogP contribution in [-0.4, -0.2) is 225 Å². The molecule has 0 spiro atoms. The van der Waals surface area contributed by atoms with Gasteiger partial charge in [-0.05, 0) is 222 Å². The van der Waals surface area contributed by atoms with Gasteiger partial charge < -0.3 is 97.0 Å². The number of nitrogens with one attached hydrogen (secondary N) is 1. The molecular weight excluding hydrogens is 1870 g/mol. The maximum absolute atomic E-state index is 15.3. The summed E-state index contributed by atoms with van der Waals surface area (Å²) < 4.78 is 21.0. The van der Waals surface area contributed by atoms with Crippen molar-refractivity contribution in [2.75, 3.05) is 94.8 Å². The average Bonchev–Trinajstić information content (AvgIpc) is 1.70. The molecule has 0 saturated carbocycles. The first-order valence-corrected chi connectivity index (χ1v) is 46.9. The van der Waals surface area contributed by atoms with Crippen LogP contribution in [0.1, 0.15) is 262 Å². The van der Waals surface area contributed by atoms with Gasteiger partial charge in [-0.1, -0.05) is 191 Å². The van der Waals surface area contributed by atoms with Crippen LogP contribution in [0, 0.1) is 124 Å². The van der Waals surface area contributed by atoms with E-state index in [4.69, 9.17) is 30.2 Å². The molecule has 4 aromatic rings. The van der Waals surface area contributed by atoms with Crippen LogP contribution in [-0.2, 0) is 71.7 Å². The normalized spacial score (nSPS) is 17.3. The van der Waals surface area contributed by atoms with E-state index < -0.39 is 177 Å². The first kappa shape index (κ1) is 144. The number of nitrogens with zero attached hydrogens (tertiary/aromatic N) is 4. The van der Waals surface area contributed by atoms with E-state index in [-0.39, 0.29) is 241 Å². The monoisotopic (exact) mass is 2020 g/mol. The first-order chi connectivity index (χ1) is 63.1. The molecule has 32 nitrogen and oxygen atoms in total. The Morgan fingerprint density at radius 3 is 1.17 bits per heavy atom. The van der Waals surface area contributed by atoms with Crippen molar-refractivity contribution in [1.82, 2.24) is 24.9 Å². The van der Waals surface area contributed by atoms with E-state index in [1.54, 1.807) is 134 Å². The van der Waals surface area contributed by atoms with Crippen LogP contribution < -0.4 is 149 Å². The summed E-state index contributed by atoms with van der Waals surface area (Å²) in [7, 11) is 11.4. The molecule has 12 atom stereocenters. The maximum Gasteiger partial charge on any atom is 1.00 e. The van der Waals surface area contributed by atoms with Gasteiger partial charge >= 0.3 is 154 Å². The Morgan fingerprint density at radius 2 is 0.824 bits per heavy atom. The van der Waals surface area contributed by atoms with Gasteiger partial charge in [-0.25, -0.2) is 0 Å². The number of rotatable bonds is 46. The standard InChI is InChI=1S/C70H102N4O18.C16H14O3.C10H16O3.C5H14N2.C2H6O.C2H5.CH4.4Na.H2O/c1-19-66(5,6)55(65(89)91-44-29-27-43(28-30-44)50(76)35-49(75)42-25-23-40(3)24-26-42)48(61(84)85)39-70(13,14)54(63(87)90-20-2)47(60(82)83)38-69(11,12)53-45(57(78)74(58(53)79)34-22-33-73(17)18)36-68(9,10)52(56(77)71-31-21-32-72(15)16)46(59(80)81)37-67(7,8)51-41(4)62(86)92-64(51)88;1-11-2-4-12(5-3-11)15(18)10-16(19)13-6-8-14(17)9-7-13;1-5-10(3,4)7-6(2)8(11)13-9(7)12;1-7(2)5-3-4-6;1-2-3;1-2;;;;;;/h23-30,41,45-48,51-55H,19-22,31-39H2,1-18H3,(H,71,77)(H,80,81)(H,82,83)(H,84,85);2-9,17H,10H2,1H3;6-7H,5H2,1-4H3;3-6H2,1-2H3;3H,2H2,1H3;1H2,2H3;1H4;;;;;1H2/q;;;;;-1;;4*+1;/p-4. The Balaban J connectivity index is -0.00000102. The van der Waals surface area contributed by atoms with Gasteiger partial charge in [-0.2, -0.15) is 6.92 Å². The van der Waals surface area contributed by atoms with Crippen molar-refractivity contribution in [3.05, 3.63) is 137 Å². The second-order valence-electron chi connectivity index (χ2n) is 40.5. The van der Waals surface area contributed by atoms with E-state index in [0.29, 0.717) is 42.6 Å². The number of aliphatic hydroxyl groups excluding tert-OH is 1. The molecule has 0 aromatic heterocycles. The van der Waals surface area contributed by atoms with Crippen LogP contribution in [0.15, 0.2) is 97.1 Å². The Labute approximate surface area is 932 Å². The molecule has 0 aliphatic carbocycles. The molecule has 12 unspecified atom stereocenters. The van der Waals surface area contributed by atoms with E-state index in [1.807, 2.05) is 70.6 Å². The Kier molecular flexibility index (Phi) is 67.5. The first-order valence-electron chi connectivity index (χ1n) is 46.9. The molecule has 3 aliphatic rings. The number of Topliss-reactive ketones (excluding diaryl/α,β-unsaturated/α-hetero) is 4. The van der Waals surface area contributed by atoms with E-state index >= 15 is 9.59 Å². The predicted molar refractivity (Wildman–Crippen MR) is 519 cm³/mol. The number of carbonyl (C=O) groups is 16. The summed E-state index contributed by atoms with van der Waals surface area (Å²) in [5.74, 6) is -28.5. The summed E-state index contributed by atoms with van der Waals surface area (Å²) in [6.45, 7) is 41.5. The number of ether oxygens (including phenoxy) is 4. The molecule has 7 rings (SSSR count). The molecule has 36 heteroatoms. The van der Waals surface area contributed by atoms with Gasteiger partial charge in [0.15, 0.2) is 23.1 Å². The van der Waals surface area contributed by atoms with E-state index in [9.17, 15) is 82.4 Å². The van der Waals surface area contributed by atoms with Crippen LogP contribution in [0.4, 0.5) is 0 Å². The molecule has 6 N–H and O–H groups in total. The number of carbonyl (C=O) groups excluding carboxylic acids is 16. The SMILES string of the molecule is C.CCC(C)(C)C1C(=O)OC(=O)C1C.CCO.CCOC(=O)C(C(CC(C)(C)C1C(=O)N(CCCN(C)C)C(=O)C1CC(C)(C)C(C(=O)NCCCN(C)C)C(CC(C)(C)C1C(=O)OC(=O)C1C)C(=O)[O-])C(=O)[O-])C(C)(C)CC(C(=O)[O-])C(C(=O)Oc1ccc(C(=O)CC(=O)c2ccc(C)cc2)cc1)C(C)(C)CC.CN(C)CCCN.Cc1ccc(C(=O)CC(=O)c2ccc(O)cc2)cc1.[CH2-]C.[Na+].[Na+].[Na+].[Na+].[OH-]. The summed E-state index contributed by atoms with van der Waals surface area (Å²) in [6.07, 6.45) is 0.486. The fraction of sp³-hybridized carbons (Fsp3) is 0.613. The molecule has 3 heterocycles. The quantitative estimate of drug-likeness (QED) is 0.00477. The van der Waals surface area contributed by atoms with Crippen molar-refractivity contribution < 1.29 is 245 Å². The number of imide groups is 1. The van der Waals surface area contributed by atoms with Gasteiger partial charge in [0.1, 0.15) is 11.5 Å². The number of likely N-dealkylation sites (tertiary alicyclic amines) is 1. The third-order valence-electron chi connectivity index (χ3n) is 26.1. The number of hydrogen-bond donors (Lipinski definition) is 4. The molecule has 774 valence electrons. The van der Waals surface area contributed by atoms with E-state index in [2.05, 4.69) is 36.0 Å². The largest absolute Gasteiger partial charge is 1.00 e. The number of carboxylic acid groups (broad SMARTS) is 3. The average molecular weight is 2030 g/mol.